The summed E-state index contributed by atoms with van der Waals surface area (Å²) in [5.41, 5.74) is 4.80. The van der Waals surface area contributed by atoms with Gasteiger partial charge in [0, 0.05) is 5.56 Å². The molecule has 0 saturated carbocycles. The predicted octanol–water partition coefficient (Wildman–Crippen LogP) is 4.08. The molecular formula is C12H9ClF3NO. The van der Waals surface area contributed by atoms with Gasteiger partial charge in [-0.1, -0.05) is 11.6 Å². The van der Waals surface area contributed by atoms with Crippen molar-refractivity contribution in [1.82, 2.24) is 0 Å². The Morgan fingerprint density at radius 1 is 1.17 bits per heavy atom. The van der Waals surface area contributed by atoms with Gasteiger partial charge in [0.15, 0.2) is 0 Å². The number of rotatable bonds is 2. The van der Waals surface area contributed by atoms with Crippen LogP contribution in [0, 0.1) is 0 Å². The summed E-state index contributed by atoms with van der Waals surface area (Å²) < 4.78 is 43.3. The average Bonchev–Trinajstić information content (AvgIpc) is 2.76. The maximum Gasteiger partial charge on any atom is 0.417 e. The number of furan rings is 1. The molecule has 2 rings (SSSR count). The highest BCUT2D eigenvalue weighted by Gasteiger charge is 2.33. The fourth-order valence-electron chi connectivity index (χ4n) is 1.54. The first-order valence-electron chi connectivity index (χ1n) is 5.07. The van der Waals surface area contributed by atoms with Crippen molar-refractivity contribution in [2.24, 2.45) is 5.73 Å². The van der Waals surface area contributed by atoms with Crippen molar-refractivity contribution >= 4 is 11.6 Å². The van der Waals surface area contributed by atoms with E-state index < -0.39 is 11.7 Å². The van der Waals surface area contributed by atoms with Crippen molar-refractivity contribution in [2.45, 2.75) is 12.7 Å². The van der Waals surface area contributed by atoms with Crippen LogP contribution in [0.3, 0.4) is 0 Å². The molecule has 0 aliphatic carbocycles. The number of alkyl halides is 3. The second kappa shape index (κ2) is 4.66. The highest BCUT2D eigenvalue weighted by atomic mass is 35.5. The van der Waals surface area contributed by atoms with E-state index in [1.54, 1.807) is 12.1 Å². The largest absolute Gasteiger partial charge is 0.460 e. The smallest absolute Gasteiger partial charge is 0.417 e. The highest BCUT2D eigenvalue weighted by Crippen LogP contribution is 2.37. The Kier molecular flexibility index (Phi) is 3.36. The van der Waals surface area contributed by atoms with Crippen LogP contribution in [0.5, 0.6) is 0 Å². The summed E-state index contributed by atoms with van der Waals surface area (Å²) in [5, 5.41) is -0.336. The zero-order valence-electron chi connectivity index (χ0n) is 9.09. The zero-order chi connectivity index (χ0) is 13.3. The van der Waals surface area contributed by atoms with Gasteiger partial charge in [0.25, 0.3) is 0 Å². The molecule has 6 heteroatoms. The molecule has 0 bridgehead atoms. The zero-order valence-corrected chi connectivity index (χ0v) is 9.85. The normalized spacial score (nSPS) is 11.8. The minimum atomic E-state index is -4.49. The molecule has 0 aliphatic heterocycles. The van der Waals surface area contributed by atoms with Crippen LogP contribution in [0.1, 0.15) is 11.3 Å². The first-order chi connectivity index (χ1) is 8.41. The average molecular weight is 276 g/mol. The number of benzene rings is 1. The van der Waals surface area contributed by atoms with Crippen molar-refractivity contribution in [3.63, 3.8) is 0 Å². The first kappa shape index (κ1) is 13.0. The molecule has 0 fully saturated rings. The fourth-order valence-corrected chi connectivity index (χ4v) is 1.76. The lowest BCUT2D eigenvalue weighted by Crippen LogP contribution is -2.05. The number of nitrogens with two attached hydrogens (primary N) is 1. The summed E-state index contributed by atoms with van der Waals surface area (Å²) in [6.45, 7) is 0.194. The van der Waals surface area contributed by atoms with Crippen molar-refractivity contribution in [3.05, 3.63) is 46.7 Å². The van der Waals surface area contributed by atoms with Crippen molar-refractivity contribution in [2.75, 3.05) is 0 Å². The minimum Gasteiger partial charge on any atom is -0.460 e. The first-order valence-corrected chi connectivity index (χ1v) is 5.45. The maximum atomic E-state index is 12.7. The van der Waals surface area contributed by atoms with E-state index in [1.807, 2.05) is 0 Å². The second-order valence-electron chi connectivity index (χ2n) is 3.66. The molecule has 2 aromatic rings. The van der Waals surface area contributed by atoms with Gasteiger partial charge in [0.1, 0.15) is 11.5 Å². The Morgan fingerprint density at radius 2 is 1.89 bits per heavy atom. The molecule has 1 heterocycles. The molecule has 0 saturated heterocycles. The molecule has 0 unspecified atom stereocenters. The van der Waals surface area contributed by atoms with E-state index in [0.717, 1.165) is 6.07 Å². The number of hydrogen-bond donors (Lipinski definition) is 1. The van der Waals surface area contributed by atoms with Gasteiger partial charge in [-0.2, -0.15) is 13.2 Å². The van der Waals surface area contributed by atoms with Gasteiger partial charge < -0.3 is 10.2 Å². The molecule has 18 heavy (non-hydrogen) atoms. The predicted molar refractivity (Wildman–Crippen MR) is 62.0 cm³/mol. The molecule has 96 valence electrons. The maximum absolute atomic E-state index is 12.7. The van der Waals surface area contributed by atoms with Crippen LogP contribution in [-0.4, -0.2) is 0 Å². The number of halogens is 4. The summed E-state index contributed by atoms with van der Waals surface area (Å²) in [4.78, 5) is 0. The summed E-state index contributed by atoms with van der Waals surface area (Å²) in [5.74, 6) is 0.839. The van der Waals surface area contributed by atoms with Crippen molar-refractivity contribution in [1.29, 1.82) is 0 Å². The number of hydrogen-bond acceptors (Lipinski definition) is 2. The third-order valence-electron chi connectivity index (χ3n) is 2.42. The summed E-state index contributed by atoms with van der Waals surface area (Å²) >= 11 is 5.53. The standard InChI is InChI=1S/C12H9ClF3NO/c13-10-3-1-7(5-9(10)12(14,15)16)11-4-2-8(6-17)18-11/h1-5H,6,17H2. The van der Waals surface area contributed by atoms with E-state index in [1.165, 1.54) is 12.1 Å². The SMILES string of the molecule is NCc1ccc(-c2ccc(Cl)c(C(F)(F)F)c2)o1. The Balaban J connectivity index is 2.47. The topological polar surface area (TPSA) is 39.2 Å². The lowest BCUT2D eigenvalue weighted by Gasteiger charge is -2.09. The Bertz CT molecular complexity index is 563. The summed E-state index contributed by atoms with van der Waals surface area (Å²) in [6.07, 6.45) is -4.49. The molecule has 0 aliphatic rings. The monoisotopic (exact) mass is 275 g/mol. The third kappa shape index (κ3) is 2.52. The van der Waals surface area contributed by atoms with E-state index in [-0.39, 0.29) is 11.6 Å². The molecule has 2 nitrogen and oxygen atoms in total. The van der Waals surface area contributed by atoms with E-state index in [2.05, 4.69) is 0 Å². The van der Waals surface area contributed by atoms with Crippen molar-refractivity contribution in [3.8, 4) is 11.3 Å². The molecular weight excluding hydrogens is 267 g/mol. The van der Waals surface area contributed by atoms with E-state index >= 15 is 0 Å². The third-order valence-corrected chi connectivity index (χ3v) is 2.75. The van der Waals surface area contributed by atoms with E-state index in [9.17, 15) is 13.2 Å². The van der Waals surface area contributed by atoms with Gasteiger partial charge in [0.05, 0.1) is 17.1 Å². The highest BCUT2D eigenvalue weighted by molar-refractivity contribution is 6.31. The van der Waals surface area contributed by atoms with Crippen LogP contribution in [-0.2, 0) is 12.7 Å². The Hall–Kier alpha value is -1.46. The summed E-state index contributed by atoms with van der Waals surface area (Å²) in [6, 6.07) is 6.82. The Morgan fingerprint density at radius 3 is 2.44 bits per heavy atom. The minimum absolute atomic E-state index is 0.194. The molecule has 0 spiro atoms. The van der Waals surface area contributed by atoms with Crippen LogP contribution in [0.15, 0.2) is 34.7 Å². The van der Waals surface area contributed by atoms with Crippen LogP contribution in [0.2, 0.25) is 5.02 Å². The van der Waals surface area contributed by atoms with Gasteiger partial charge in [0.2, 0.25) is 0 Å². The molecule has 0 radical (unpaired) electrons. The van der Waals surface area contributed by atoms with E-state index in [4.69, 9.17) is 21.8 Å². The van der Waals surface area contributed by atoms with Crippen LogP contribution < -0.4 is 5.73 Å². The molecule has 0 atom stereocenters. The fraction of sp³-hybridized carbons (Fsp3) is 0.167. The molecule has 0 amide bonds. The quantitative estimate of drug-likeness (QED) is 0.897. The molecule has 1 aromatic carbocycles. The lowest BCUT2D eigenvalue weighted by atomic mass is 10.1. The van der Waals surface area contributed by atoms with Gasteiger partial charge >= 0.3 is 6.18 Å². The summed E-state index contributed by atoms with van der Waals surface area (Å²) in [7, 11) is 0. The lowest BCUT2D eigenvalue weighted by molar-refractivity contribution is -0.137. The van der Waals surface area contributed by atoms with Gasteiger partial charge in [-0.25, -0.2) is 0 Å². The van der Waals surface area contributed by atoms with Crippen LogP contribution in [0.4, 0.5) is 13.2 Å². The van der Waals surface area contributed by atoms with Crippen molar-refractivity contribution < 1.29 is 17.6 Å². The van der Waals surface area contributed by atoms with Crippen LogP contribution >= 0.6 is 11.6 Å². The van der Waals surface area contributed by atoms with Crippen LogP contribution in [0.25, 0.3) is 11.3 Å². The molecule has 1 aromatic heterocycles. The second-order valence-corrected chi connectivity index (χ2v) is 4.07. The van der Waals surface area contributed by atoms with Gasteiger partial charge in [-0.15, -0.1) is 0 Å². The van der Waals surface area contributed by atoms with Gasteiger partial charge in [-0.3, -0.25) is 0 Å². The van der Waals surface area contributed by atoms with E-state index in [0.29, 0.717) is 17.1 Å². The Labute approximate surface area is 106 Å². The molecule has 2 N–H and O–H groups in total. The van der Waals surface area contributed by atoms with Gasteiger partial charge in [-0.05, 0) is 30.3 Å².